The van der Waals surface area contributed by atoms with Gasteiger partial charge in [-0.25, -0.2) is 0 Å². The first-order valence-electron chi connectivity index (χ1n) is 25.7. The van der Waals surface area contributed by atoms with E-state index in [4.69, 9.17) is 0 Å². The van der Waals surface area contributed by atoms with Gasteiger partial charge in [0.15, 0.2) is 0 Å². The maximum atomic E-state index is 2.46. The van der Waals surface area contributed by atoms with Crippen molar-refractivity contribution >= 4 is 88.2 Å². The third kappa shape index (κ3) is 7.95. The van der Waals surface area contributed by atoms with Gasteiger partial charge in [0.25, 0.3) is 0 Å². The molecule has 0 spiro atoms. The zero-order valence-electron chi connectivity index (χ0n) is 41.1. The molecule has 0 atom stereocenters. The zero-order valence-corrected chi connectivity index (χ0v) is 41.1. The van der Waals surface area contributed by atoms with Gasteiger partial charge in [-0.05, 0) is 157 Å². The van der Waals surface area contributed by atoms with E-state index in [0.717, 1.165) is 50.9 Å². The average molecular weight is 956 g/mol. The lowest BCUT2D eigenvalue weighted by Crippen LogP contribution is -2.14. The summed E-state index contributed by atoms with van der Waals surface area (Å²) in [4.78, 5) is 4.89. The minimum absolute atomic E-state index is 1.03. The molecule has 0 fully saturated rings. The van der Waals surface area contributed by atoms with Crippen LogP contribution in [0.5, 0.6) is 0 Å². The lowest BCUT2D eigenvalue weighted by Gasteiger charge is -2.31. The maximum Gasteiger partial charge on any atom is 0.0561 e. The van der Waals surface area contributed by atoms with Gasteiger partial charge < -0.3 is 14.4 Å². The van der Waals surface area contributed by atoms with Crippen molar-refractivity contribution in [3.63, 3.8) is 0 Å². The van der Waals surface area contributed by atoms with E-state index in [2.05, 4.69) is 312 Å². The summed E-state index contributed by atoms with van der Waals surface area (Å²) < 4.78 is 2.41. The molecule has 14 aromatic rings. The van der Waals surface area contributed by atoms with E-state index < -0.39 is 0 Å². The Kier molecular flexibility index (Phi) is 10.8. The number of hydrogen-bond acceptors (Lipinski definition) is 2. The molecule has 14 rings (SSSR count). The van der Waals surface area contributed by atoms with Crippen LogP contribution in [-0.2, 0) is 0 Å². The van der Waals surface area contributed by atoms with Crippen molar-refractivity contribution in [1.82, 2.24) is 4.57 Å². The molecule has 13 aromatic carbocycles. The first-order valence-corrected chi connectivity index (χ1v) is 25.7. The van der Waals surface area contributed by atoms with Gasteiger partial charge in [-0.15, -0.1) is 0 Å². The number of benzene rings is 13. The molecular formula is C72H49N3. The van der Waals surface area contributed by atoms with Crippen molar-refractivity contribution in [2.75, 3.05) is 9.80 Å². The molecule has 0 unspecified atom stereocenters. The Hall–Kier alpha value is -9.96. The van der Waals surface area contributed by atoms with Crippen LogP contribution in [0.2, 0.25) is 0 Å². The Labute approximate surface area is 436 Å². The molecule has 3 heteroatoms. The highest BCUT2D eigenvalue weighted by atomic mass is 15.2. The monoisotopic (exact) mass is 955 g/mol. The molecule has 1 aromatic heterocycles. The summed E-state index contributed by atoms with van der Waals surface area (Å²) in [6, 6.07) is 109. The average Bonchev–Trinajstić information content (AvgIpc) is 3.84. The summed E-state index contributed by atoms with van der Waals surface area (Å²) in [5.74, 6) is 0. The number of para-hydroxylation sites is 2. The van der Waals surface area contributed by atoms with E-state index in [1.807, 2.05) is 0 Å². The Bertz CT molecular complexity index is 4310. The Balaban J connectivity index is 1.05. The minimum Gasteiger partial charge on any atom is -0.310 e. The molecule has 0 radical (unpaired) electrons. The molecule has 0 N–H and O–H groups in total. The molecular weight excluding hydrogens is 907 g/mol. The van der Waals surface area contributed by atoms with Gasteiger partial charge in [-0.1, -0.05) is 206 Å². The molecule has 0 aliphatic heterocycles. The Morgan fingerprint density at radius 2 is 0.667 bits per heavy atom. The lowest BCUT2D eigenvalue weighted by molar-refractivity contribution is 1.18. The van der Waals surface area contributed by atoms with Crippen LogP contribution in [0.3, 0.4) is 0 Å². The second-order valence-electron chi connectivity index (χ2n) is 19.3. The third-order valence-electron chi connectivity index (χ3n) is 14.9. The minimum atomic E-state index is 1.03. The van der Waals surface area contributed by atoms with Crippen LogP contribution in [0.4, 0.5) is 34.1 Å². The molecule has 0 aliphatic rings. The lowest BCUT2D eigenvalue weighted by atomic mass is 9.92. The van der Waals surface area contributed by atoms with Gasteiger partial charge in [0.2, 0.25) is 0 Å². The molecule has 352 valence electrons. The highest BCUT2D eigenvalue weighted by molar-refractivity contribution is 6.14. The molecule has 0 saturated carbocycles. The Morgan fingerprint density at radius 1 is 0.213 bits per heavy atom. The van der Waals surface area contributed by atoms with Gasteiger partial charge in [-0.3, -0.25) is 0 Å². The second-order valence-corrected chi connectivity index (χ2v) is 19.3. The summed E-state index contributed by atoms with van der Waals surface area (Å²) >= 11 is 0. The number of fused-ring (bicyclic) bond motifs is 7. The summed E-state index contributed by atoms with van der Waals surface area (Å²) in [5, 5.41) is 9.68. The summed E-state index contributed by atoms with van der Waals surface area (Å²) in [6.45, 7) is 0. The van der Waals surface area contributed by atoms with Crippen LogP contribution < -0.4 is 9.80 Å². The van der Waals surface area contributed by atoms with Crippen LogP contribution in [-0.4, -0.2) is 4.57 Å². The molecule has 1 heterocycles. The van der Waals surface area contributed by atoms with Crippen molar-refractivity contribution in [2.45, 2.75) is 0 Å². The van der Waals surface area contributed by atoms with Crippen molar-refractivity contribution in [1.29, 1.82) is 0 Å². The van der Waals surface area contributed by atoms with E-state index in [9.17, 15) is 0 Å². The van der Waals surface area contributed by atoms with Crippen molar-refractivity contribution in [2.24, 2.45) is 0 Å². The predicted octanol–water partition coefficient (Wildman–Crippen LogP) is 20.2. The number of nitrogens with zero attached hydrogens (tertiary/aromatic N) is 3. The topological polar surface area (TPSA) is 11.4 Å². The van der Waals surface area contributed by atoms with Crippen LogP contribution in [0, 0.1) is 0 Å². The maximum absolute atomic E-state index is 2.46. The Morgan fingerprint density at radius 3 is 1.32 bits per heavy atom. The quantitative estimate of drug-likeness (QED) is 0.127. The fraction of sp³-hybridized carbons (Fsp3) is 0. The van der Waals surface area contributed by atoms with Crippen molar-refractivity contribution in [3.05, 3.63) is 297 Å². The second kappa shape index (κ2) is 18.6. The normalized spacial score (nSPS) is 11.5. The SMILES string of the molecule is c1ccc(-c2ccc(N(c3ccc(-c4ccccc4)cc3)c3cc(-c4cc5ccccc5c5ccccc45)cc(N(c4ccc5ccccc5c4)c4ccc5c6ccccc6n(-c6ccccc6)c5c4)c3)cc2)cc1. The van der Waals surface area contributed by atoms with E-state index in [1.165, 1.54) is 76.4 Å². The predicted molar refractivity (Wildman–Crippen MR) is 319 cm³/mol. The van der Waals surface area contributed by atoms with Gasteiger partial charge >= 0.3 is 0 Å². The number of aromatic nitrogens is 1. The zero-order chi connectivity index (χ0) is 49.7. The third-order valence-corrected chi connectivity index (χ3v) is 14.9. The first-order chi connectivity index (χ1) is 37.2. The molecule has 0 aliphatic carbocycles. The highest BCUT2D eigenvalue weighted by Gasteiger charge is 2.23. The van der Waals surface area contributed by atoms with Crippen LogP contribution in [0.15, 0.2) is 297 Å². The molecule has 0 amide bonds. The van der Waals surface area contributed by atoms with Crippen LogP contribution in [0.25, 0.3) is 93.2 Å². The fourth-order valence-electron chi connectivity index (χ4n) is 11.3. The van der Waals surface area contributed by atoms with Crippen molar-refractivity contribution < 1.29 is 0 Å². The van der Waals surface area contributed by atoms with Crippen LogP contribution >= 0.6 is 0 Å². The smallest absolute Gasteiger partial charge is 0.0561 e. The molecule has 75 heavy (non-hydrogen) atoms. The summed E-state index contributed by atoms with van der Waals surface area (Å²) in [7, 11) is 0. The van der Waals surface area contributed by atoms with Gasteiger partial charge in [0, 0.05) is 50.6 Å². The molecule has 3 nitrogen and oxygen atoms in total. The number of hydrogen-bond donors (Lipinski definition) is 0. The standard InChI is InChI=1S/C72H49N3/c1-4-18-50(19-5-1)53-32-37-59(38-33-53)73(60-39-34-54(35-40-60)51-20-6-2-7-21-51)63-45-57(70-47-56-24-12-13-27-65(56)66-28-14-15-29-67(66)70)46-64(48-63)74(61-41-36-52-22-10-11-23-55(52)44-61)62-42-43-69-68-30-16-17-31-71(68)75(72(69)49-62)58-25-8-3-9-26-58/h1-49H. The highest BCUT2D eigenvalue weighted by Crippen LogP contribution is 2.47. The molecule has 0 bridgehead atoms. The van der Waals surface area contributed by atoms with E-state index in [0.29, 0.717) is 0 Å². The van der Waals surface area contributed by atoms with Crippen molar-refractivity contribution in [3.8, 4) is 39.1 Å². The van der Waals surface area contributed by atoms with Crippen LogP contribution in [0.1, 0.15) is 0 Å². The summed E-state index contributed by atoms with van der Waals surface area (Å²) in [6.07, 6.45) is 0. The van der Waals surface area contributed by atoms with E-state index in [1.54, 1.807) is 0 Å². The van der Waals surface area contributed by atoms with Gasteiger partial charge in [0.1, 0.15) is 0 Å². The largest absolute Gasteiger partial charge is 0.310 e. The van der Waals surface area contributed by atoms with E-state index in [-0.39, 0.29) is 0 Å². The van der Waals surface area contributed by atoms with Gasteiger partial charge in [-0.2, -0.15) is 0 Å². The van der Waals surface area contributed by atoms with E-state index >= 15 is 0 Å². The molecule has 0 saturated heterocycles. The number of rotatable bonds is 10. The first kappa shape index (κ1) is 43.8. The summed E-state index contributed by atoms with van der Waals surface area (Å²) in [5.41, 5.74) is 16.7. The number of anilines is 6. The fourth-order valence-corrected chi connectivity index (χ4v) is 11.3. The van der Waals surface area contributed by atoms with Gasteiger partial charge in [0.05, 0.1) is 11.0 Å².